The van der Waals surface area contributed by atoms with Crippen molar-refractivity contribution in [3.63, 3.8) is 0 Å². The Bertz CT molecular complexity index is 3110. The Morgan fingerprint density at radius 1 is 0.441 bits per heavy atom. The van der Waals surface area contributed by atoms with E-state index in [0.717, 1.165) is 17.1 Å². The van der Waals surface area contributed by atoms with Crippen LogP contribution in [-0.2, 0) is 10.8 Å². The van der Waals surface area contributed by atoms with Gasteiger partial charge in [0, 0.05) is 27.9 Å². The van der Waals surface area contributed by atoms with E-state index in [1.807, 2.05) is 0 Å². The second-order valence-electron chi connectivity index (χ2n) is 16.8. The molecule has 0 fully saturated rings. The van der Waals surface area contributed by atoms with Gasteiger partial charge in [-0.05, 0) is 140 Å². The van der Waals surface area contributed by atoms with E-state index in [4.69, 9.17) is 0 Å². The Morgan fingerprint density at radius 3 is 1.80 bits per heavy atom. The molecule has 2 heterocycles. The average Bonchev–Trinajstić information content (AvgIpc) is 3.29. The smallest absolute Gasteiger partial charge is 0.0547 e. The van der Waals surface area contributed by atoms with E-state index in [1.165, 1.54) is 83.1 Å². The number of anilines is 6. The second kappa shape index (κ2) is 13.2. The normalized spacial score (nSPS) is 15.9. The zero-order valence-corrected chi connectivity index (χ0v) is 33.7. The van der Waals surface area contributed by atoms with Gasteiger partial charge in [-0.2, -0.15) is 0 Å². The molecular weight excluding hydrogens is 713 g/mol. The molecular formula is C57H44N2. The van der Waals surface area contributed by atoms with Crippen molar-refractivity contribution in [1.29, 1.82) is 0 Å². The first-order chi connectivity index (χ1) is 28.8. The third kappa shape index (κ3) is 5.26. The third-order valence-electron chi connectivity index (χ3n) is 13.2. The van der Waals surface area contributed by atoms with Gasteiger partial charge in [0.15, 0.2) is 0 Å². The summed E-state index contributed by atoms with van der Waals surface area (Å²) in [4.78, 5) is 4.92. The highest BCUT2D eigenvalue weighted by molar-refractivity contribution is 6.13. The maximum Gasteiger partial charge on any atom is 0.0547 e. The van der Waals surface area contributed by atoms with Crippen LogP contribution in [0, 0.1) is 0 Å². The lowest BCUT2D eigenvalue weighted by molar-refractivity contribution is 0.618. The van der Waals surface area contributed by atoms with Crippen LogP contribution < -0.4 is 9.80 Å². The molecule has 0 spiro atoms. The molecule has 0 amide bonds. The Kier molecular flexibility index (Phi) is 7.83. The summed E-state index contributed by atoms with van der Waals surface area (Å²) in [5.74, 6) is 0. The first-order valence-corrected chi connectivity index (χ1v) is 20.6. The topological polar surface area (TPSA) is 6.48 Å². The lowest BCUT2D eigenvalue weighted by atomic mass is 9.65. The zero-order valence-electron chi connectivity index (χ0n) is 33.7. The van der Waals surface area contributed by atoms with E-state index in [-0.39, 0.29) is 5.41 Å². The van der Waals surface area contributed by atoms with Gasteiger partial charge in [-0.25, -0.2) is 0 Å². The van der Waals surface area contributed by atoms with Gasteiger partial charge in [0.05, 0.1) is 17.1 Å². The highest BCUT2D eigenvalue weighted by Gasteiger charge is 2.46. The Labute approximate surface area is 347 Å². The van der Waals surface area contributed by atoms with E-state index >= 15 is 0 Å². The molecule has 59 heavy (non-hydrogen) atoms. The molecule has 0 saturated carbocycles. The number of para-hydroxylation sites is 2. The molecule has 0 radical (unpaired) electrons. The quantitative estimate of drug-likeness (QED) is 0.123. The van der Waals surface area contributed by atoms with Gasteiger partial charge in [0.2, 0.25) is 0 Å². The van der Waals surface area contributed by atoms with Crippen molar-refractivity contribution < 1.29 is 0 Å². The molecule has 11 rings (SSSR count). The van der Waals surface area contributed by atoms with Gasteiger partial charge in [-0.15, -0.1) is 6.58 Å². The lowest BCUT2D eigenvalue weighted by Crippen LogP contribution is -2.38. The molecule has 282 valence electrons. The number of fused-ring (bicyclic) bond motifs is 7. The van der Waals surface area contributed by atoms with Gasteiger partial charge in [0.1, 0.15) is 0 Å². The molecule has 0 saturated heterocycles. The largest absolute Gasteiger partial charge is 0.310 e. The minimum atomic E-state index is -0.484. The summed E-state index contributed by atoms with van der Waals surface area (Å²) < 4.78 is 0. The fraction of sp³-hybridized carbons (Fsp3) is 0.0877. The highest BCUT2D eigenvalue weighted by atomic mass is 15.2. The van der Waals surface area contributed by atoms with Gasteiger partial charge in [0.25, 0.3) is 0 Å². The van der Waals surface area contributed by atoms with Crippen LogP contribution in [0.2, 0.25) is 0 Å². The highest BCUT2D eigenvalue weighted by Crippen LogP contribution is 2.61. The van der Waals surface area contributed by atoms with Crippen LogP contribution in [0.15, 0.2) is 207 Å². The van der Waals surface area contributed by atoms with E-state index in [9.17, 15) is 0 Å². The molecule has 2 nitrogen and oxygen atoms in total. The molecule has 2 heteroatoms. The summed E-state index contributed by atoms with van der Waals surface area (Å²) in [5.41, 5.74) is 16.3. The van der Waals surface area contributed by atoms with E-state index < -0.39 is 5.41 Å². The molecule has 0 N–H and O–H groups in total. The standard InChI is InChI=1S/C57H44N2/c1-5-57(4)50-37-44(32-33-54(50)59-53-27-17-16-26-49(53)56(2,3)51-35-41(36-52(57)55(51)59)38-18-8-6-9-19-38)58(42-21-10-7-11-22-42)43-30-28-39(29-31-43)48-34-40-20-12-13-23-45(40)46-24-14-15-25-47(46)48/h5-37H,1H2,2-4H3. The second-order valence-corrected chi connectivity index (χ2v) is 16.8. The predicted molar refractivity (Wildman–Crippen MR) is 250 cm³/mol. The van der Waals surface area contributed by atoms with Crippen LogP contribution in [0.25, 0.3) is 43.8 Å². The number of rotatable bonds is 6. The van der Waals surface area contributed by atoms with Crippen LogP contribution >= 0.6 is 0 Å². The van der Waals surface area contributed by atoms with Gasteiger partial charge < -0.3 is 9.80 Å². The Morgan fingerprint density at radius 2 is 1.03 bits per heavy atom. The SMILES string of the molecule is C=CC1(C)c2cc(N(c3ccccc3)c3ccc(-c4cc5ccccc5c5ccccc45)cc3)ccc2N2c3ccccc3C(C)(C)c3cc(-c4ccccc4)cc1c32. The first-order valence-electron chi connectivity index (χ1n) is 20.6. The van der Waals surface area contributed by atoms with E-state index in [0.29, 0.717) is 0 Å². The molecule has 2 aliphatic heterocycles. The Balaban J connectivity index is 1.10. The monoisotopic (exact) mass is 756 g/mol. The molecule has 2 aliphatic rings. The lowest BCUT2D eigenvalue weighted by Gasteiger charge is -2.50. The van der Waals surface area contributed by atoms with Crippen LogP contribution in [0.1, 0.15) is 43.0 Å². The van der Waals surface area contributed by atoms with Crippen LogP contribution in [0.4, 0.5) is 34.1 Å². The van der Waals surface area contributed by atoms with E-state index in [2.05, 4.69) is 237 Å². The van der Waals surface area contributed by atoms with Crippen molar-refractivity contribution in [3.05, 3.63) is 229 Å². The number of nitrogens with zero attached hydrogens (tertiary/aromatic N) is 2. The molecule has 0 bridgehead atoms. The van der Waals surface area contributed by atoms with Crippen molar-refractivity contribution in [1.82, 2.24) is 0 Å². The van der Waals surface area contributed by atoms with Crippen molar-refractivity contribution in [2.75, 3.05) is 9.80 Å². The Hall–Kier alpha value is -7.16. The molecule has 9 aromatic rings. The minimum Gasteiger partial charge on any atom is -0.310 e. The molecule has 1 atom stereocenters. The summed E-state index contributed by atoms with van der Waals surface area (Å²) in [7, 11) is 0. The number of benzene rings is 9. The van der Waals surface area contributed by atoms with Crippen molar-refractivity contribution >= 4 is 55.7 Å². The number of hydrogen-bond acceptors (Lipinski definition) is 2. The average molecular weight is 757 g/mol. The zero-order chi connectivity index (χ0) is 39.9. The van der Waals surface area contributed by atoms with Crippen molar-refractivity contribution in [2.24, 2.45) is 0 Å². The summed E-state index contributed by atoms with van der Waals surface area (Å²) in [5, 5.41) is 5.07. The van der Waals surface area contributed by atoms with Crippen molar-refractivity contribution in [2.45, 2.75) is 31.6 Å². The van der Waals surface area contributed by atoms with Crippen molar-refractivity contribution in [3.8, 4) is 22.3 Å². The molecule has 9 aromatic carbocycles. The molecule has 0 aromatic heterocycles. The summed E-state index contributed by atoms with van der Waals surface area (Å²) in [6.45, 7) is 11.7. The van der Waals surface area contributed by atoms with Crippen LogP contribution in [0.3, 0.4) is 0 Å². The van der Waals surface area contributed by atoms with Crippen LogP contribution in [0.5, 0.6) is 0 Å². The van der Waals surface area contributed by atoms with Gasteiger partial charge >= 0.3 is 0 Å². The van der Waals surface area contributed by atoms with Crippen LogP contribution in [-0.4, -0.2) is 0 Å². The number of hydrogen-bond donors (Lipinski definition) is 0. The maximum absolute atomic E-state index is 4.57. The van der Waals surface area contributed by atoms with E-state index in [1.54, 1.807) is 0 Å². The summed E-state index contributed by atoms with van der Waals surface area (Å²) in [6.07, 6.45) is 2.17. The fourth-order valence-electron chi connectivity index (χ4n) is 10.0. The summed E-state index contributed by atoms with van der Waals surface area (Å²) in [6, 6.07) is 71.3. The predicted octanol–water partition coefficient (Wildman–Crippen LogP) is 15.7. The third-order valence-corrected chi connectivity index (χ3v) is 13.2. The van der Waals surface area contributed by atoms with Gasteiger partial charge in [-0.3, -0.25) is 0 Å². The first kappa shape index (κ1) is 35.0. The minimum absolute atomic E-state index is 0.211. The maximum atomic E-state index is 4.57. The fourth-order valence-corrected chi connectivity index (χ4v) is 10.0. The number of allylic oxidation sites excluding steroid dienone is 1. The molecule has 1 unspecified atom stereocenters. The summed E-state index contributed by atoms with van der Waals surface area (Å²) >= 11 is 0. The van der Waals surface area contributed by atoms with Gasteiger partial charge in [-0.1, -0.05) is 147 Å². The molecule has 0 aliphatic carbocycles.